The van der Waals surface area contributed by atoms with Gasteiger partial charge >= 0.3 is 5.97 Å². The molecule has 0 radical (unpaired) electrons. The first-order chi connectivity index (χ1) is 9.56. The standard InChI is InChI=1S/C15H12ClNO3/c1-9-12(15(18)19)6-10(20-9)7-17-8-13(16)11-4-2-3-5-14(11)17/h2-6,8H,7H2,1H3,(H,18,19). The molecule has 5 heteroatoms. The number of nitrogens with zero attached hydrogens (tertiary/aromatic N) is 1. The third-order valence-corrected chi connectivity index (χ3v) is 3.57. The second kappa shape index (κ2) is 4.72. The molecule has 0 amide bonds. The van der Waals surface area contributed by atoms with Gasteiger partial charge in [0.1, 0.15) is 17.1 Å². The molecule has 0 atom stereocenters. The number of carbonyl (C=O) groups is 1. The highest BCUT2D eigenvalue weighted by Gasteiger charge is 2.15. The average molecular weight is 290 g/mol. The molecule has 0 spiro atoms. The summed E-state index contributed by atoms with van der Waals surface area (Å²) in [5.41, 5.74) is 1.19. The van der Waals surface area contributed by atoms with Crippen LogP contribution >= 0.6 is 11.6 Å². The van der Waals surface area contributed by atoms with Crippen molar-refractivity contribution in [1.82, 2.24) is 4.57 Å². The van der Waals surface area contributed by atoms with Crippen molar-refractivity contribution >= 4 is 28.5 Å². The minimum absolute atomic E-state index is 0.197. The zero-order valence-corrected chi connectivity index (χ0v) is 11.5. The largest absolute Gasteiger partial charge is 0.478 e. The summed E-state index contributed by atoms with van der Waals surface area (Å²) >= 11 is 6.19. The maximum atomic E-state index is 11.0. The van der Waals surface area contributed by atoms with E-state index in [2.05, 4.69) is 0 Å². The van der Waals surface area contributed by atoms with E-state index in [4.69, 9.17) is 21.1 Å². The van der Waals surface area contributed by atoms with E-state index in [0.717, 1.165) is 10.9 Å². The normalized spacial score (nSPS) is 11.1. The smallest absolute Gasteiger partial charge is 0.339 e. The number of halogens is 1. The molecular weight excluding hydrogens is 278 g/mol. The second-order valence-corrected chi connectivity index (χ2v) is 5.02. The molecule has 0 aliphatic carbocycles. The van der Waals surface area contributed by atoms with Crippen LogP contribution in [-0.4, -0.2) is 15.6 Å². The lowest BCUT2D eigenvalue weighted by molar-refractivity contribution is 0.0695. The summed E-state index contributed by atoms with van der Waals surface area (Å²) in [4.78, 5) is 11.0. The molecule has 0 bridgehead atoms. The number of benzene rings is 1. The number of hydrogen-bond acceptors (Lipinski definition) is 2. The van der Waals surface area contributed by atoms with Gasteiger partial charge in [-0.15, -0.1) is 0 Å². The molecular formula is C15H12ClNO3. The van der Waals surface area contributed by atoms with Gasteiger partial charge in [-0.1, -0.05) is 29.8 Å². The zero-order valence-electron chi connectivity index (χ0n) is 10.8. The molecule has 2 heterocycles. The molecule has 20 heavy (non-hydrogen) atoms. The molecule has 102 valence electrons. The van der Waals surface area contributed by atoms with E-state index in [-0.39, 0.29) is 5.56 Å². The van der Waals surface area contributed by atoms with Gasteiger partial charge in [-0.3, -0.25) is 0 Å². The first-order valence-electron chi connectivity index (χ1n) is 6.12. The van der Waals surface area contributed by atoms with Gasteiger partial charge in [0, 0.05) is 17.1 Å². The molecule has 0 unspecified atom stereocenters. The Balaban J connectivity index is 2.01. The Hall–Kier alpha value is -2.20. The summed E-state index contributed by atoms with van der Waals surface area (Å²) < 4.78 is 7.44. The van der Waals surface area contributed by atoms with Crippen LogP contribution in [0.25, 0.3) is 10.9 Å². The van der Waals surface area contributed by atoms with E-state index >= 15 is 0 Å². The summed E-state index contributed by atoms with van der Waals surface area (Å²) in [6, 6.07) is 9.34. The topological polar surface area (TPSA) is 55.4 Å². The fraction of sp³-hybridized carbons (Fsp3) is 0.133. The number of fused-ring (bicyclic) bond motifs is 1. The molecule has 4 nitrogen and oxygen atoms in total. The quantitative estimate of drug-likeness (QED) is 0.794. The minimum atomic E-state index is -0.979. The van der Waals surface area contributed by atoms with Crippen LogP contribution in [0.4, 0.5) is 0 Å². The number of aromatic nitrogens is 1. The number of carboxylic acids is 1. The minimum Gasteiger partial charge on any atom is -0.478 e. The Morgan fingerprint density at radius 1 is 1.40 bits per heavy atom. The number of aryl methyl sites for hydroxylation is 1. The second-order valence-electron chi connectivity index (χ2n) is 4.61. The van der Waals surface area contributed by atoms with Crippen LogP contribution in [0.3, 0.4) is 0 Å². The summed E-state index contributed by atoms with van der Waals surface area (Å²) in [6.45, 7) is 2.09. The Labute approximate surface area is 120 Å². The summed E-state index contributed by atoms with van der Waals surface area (Å²) in [7, 11) is 0. The number of carboxylic acid groups (broad SMARTS) is 1. The van der Waals surface area contributed by atoms with E-state index in [1.54, 1.807) is 13.0 Å². The molecule has 1 aromatic carbocycles. The number of hydrogen-bond donors (Lipinski definition) is 1. The van der Waals surface area contributed by atoms with Gasteiger partial charge in [-0.25, -0.2) is 4.79 Å². The van der Waals surface area contributed by atoms with Gasteiger partial charge in [-0.2, -0.15) is 0 Å². The number of para-hydroxylation sites is 1. The third kappa shape index (κ3) is 2.08. The van der Waals surface area contributed by atoms with Crippen molar-refractivity contribution in [1.29, 1.82) is 0 Å². The van der Waals surface area contributed by atoms with E-state index in [9.17, 15) is 4.79 Å². The predicted octanol–water partition coefficient (Wildman–Crippen LogP) is 3.94. The van der Waals surface area contributed by atoms with Crippen LogP contribution in [0.1, 0.15) is 21.9 Å². The van der Waals surface area contributed by atoms with Crippen molar-refractivity contribution in [3.05, 3.63) is 58.6 Å². The van der Waals surface area contributed by atoms with Crippen molar-refractivity contribution in [2.45, 2.75) is 13.5 Å². The summed E-state index contributed by atoms with van der Waals surface area (Å²) in [5, 5.41) is 10.7. The molecule has 0 saturated heterocycles. The van der Waals surface area contributed by atoms with Crippen molar-refractivity contribution < 1.29 is 14.3 Å². The molecule has 0 saturated carbocycles. The van der Waals surface area contributed by atoms with Crippen molar-refractivity contribution in [3.8, 4) is 0 Å². The third-order valence-electron chi connectivity index (χ3n) is 3.27. The molecule has 3 rings (SSSR count). The van der Waals surface area contributed by atoms with Crippen LogP contribution in [0.15, 0.2) is 40.9 Å². The maximum absolute atomic E-state index is 11.0. The van der Waals surface area contributed by atoms with E-state index < -0.39 is 5.97 Å². The number of aromatic carboxylic acids is 1. The Kier molecular flexibility index (Phi) is 3.03. The van der Waals surface area contributed by atoms with Crippen molar-refractivity contribution in [3.63, 3.8) is 0 Å². The highest BCUT2D eigenvalue weighted by atomic mass is 35.5. The first-order valence-corrected chi connectivity index (χ1v) is 6.50. The zero-order chi connectivity index (χ0) is 14.3. The van der Waals surface area contributed by atoms with Crippen molar-refractivity contribution in [2.75, 3.05) is 0 Å². The lowest BCUT2D eigenvalue weighted by atomic mass is 10.2. The van der Waals surface area contributed by atoms with Crippen LogP contribution < -0.4 is 0 Å². The van der Waals surface area contributed by atoms with Crippen LogP contribution in [-0.2, 0) is 6.54 Å². The number of furan rings is 1. The summed E-state index contributed by atoms with van der Waals surface area (Å²) in [6.07, 6.45) is 1.82. The lowest BCUT2D eigenvalue weighted by Gasteiger charge is -2.02. The van der Waals surface area contributed by atoms with Gasteiger partial charge in [-0.05, 0) is 19.1 Å². The maximum Gasteiger partial charge on any atom is 0.339 e. The van der Waals surface area contributed by atoms with Gasteiger partial charge in [0.25, 0.3) is 0 Å². The Morgan fingerprint density at radius 3 is 2.85 bits per heavy atom. The van der Waals surface area contributed by atoms with E-state index in [1.165, 1.54) is 0 Å². The van der Waals surface area contributed by atoms with Crippen LogP contribution in [0.2, 0.25) is 5.02 Å². The summed E-state index contributed by atoms with van der Waals surface area (Å²) in [5.74, 6) is 0.0280. The van der Waals surface area contributed by atoms with Crippen LogP contribution in [0, 0.1) is 6.92 Å². The fourth-order valence-corrected chi connectivity index (χ4v) is 2.61. The fourth-order valence-electron chi connectivity index (χ4n) is 2.33. The lowest BCUT2D eigenvalue weighted by Crippen LogP contribution is -1.97. The van der Waals surface area contributed by atoms with Gasteiger partial charge in [0.2, 0.25) is 0 Å². The Bertz CT molecular complexity index is 801. The molecule has 0 aliphatic heterocycles. The highest BCUT2D eigenvalue weighted by molar-refractivity contribution is 6.35. The van der Waals surface area contributed by atoms with Gasteiger partial charge in [0.15, 0.2) is 0 Å². The molecule has 2 aromatic heterocycles. The SMILES string of the molecule is Cc1oc(Cn2cc(Cl)c3ccccc32)cc1C(=O)O. The highest BCUT2D eigenvalue weighted by Crippen LogP contribution is 2.26. The monoisotopic (exact) mass is 289 g/mol. The number of rotatable bonds is 3. The predicted molar refractivity (Wildman–Crippen MR) is 76.5 cm³/mol. The molecule has 3 aromatic rings. The van der Waals surface area contributed by atoms with Gasteiger partial charge < -0.3 is 14.1 Å². The first kappa shape index (κ1) is 12.8. The average Bonchev–Trinajstić information content (AvgIpc) is 2.92. The van der Waals surface area contributed by atoms with E-state index in [1.807, 2.05) is 35.0 Å². The molecule has 0 fully saturated rings. The molecule has 1 N–H and O–H groups in total. The van der Waals surface area contributed by atoms with Crippen LogP contribution in [0.5, 0.6) is 0 Å². The molecule has 0 aliphatic rings. The van der Waals surface area contributed by atoms with Gasteiger partial charge in [0.05, 0.1) is 11.6 Å². The van der Waals surface area contributed by atoms with Crippen molar-refractivity contribution in [2.24, 2.45) is 0 Å². The van der Waals surface area contributed by atoms with E-state index in [0.29, 0.717) is 23.1 Å². The Morgan fingerprint density at radius 2 is 2.15 bits per heavy atom.